The van der Waals surface area contributed by atoms with Crippen LogP contribution in [0.4, 0.5) is 0 Å². The largest absolute Gasteiger partial charge is 0.378 e. The van der Waals surface area contributed by atoms with Crippen LogP contribution in [0.25, 0.3) is 0 Å². The molecule has 0 aromatic carbocycles. The molecule has 5 heteroatoms. The Morgan fingerprint density at radius 2 is 2.32 bits per heavy atom. The first-order chi connectivity index (χ1) is 10.7. The third kappa shape index (κ3) is 4.07. The summed E-state index contributed by atoms with van der Waals surface area (Å²) >= 11 is 1.74. The molecule has 0 radical (unpaired) electrons. The lowest BCUT2D eigenvalue weighted by atomic mass is 9.97. The molecule has 1 amide bonds. The number of ether oxygens (including phenoxy) is 1. The van der Waals surface area contributed by atoms with Crippen molar-refractivity contribution in [1.29, 1.82) is 0 Å². The second-order valence-electron chi connectivity index (χ2n) is 6.53. The zero-order valence-corrected chi connectivity index (χ0v) is 14.2. The van der Waals surface area contributed by atoms with Gasteiger partial charge in [0.2, 0.25) is 5.91 Å². The summed E-state index contributed by atoms with van der Waals surface area (Å²) in [6.07, 6.45) is 7.61. The minimum Gasteiger partial charge on any atom is -0.378 e. The molecule has 0 spiro atoms. The van der Waals surface area contributed by atoms with Crippen LogP contribution in [-0.2, 0) is 9.53 Å². The molecule has 2 aliphatic heterocycles. The van der Waals surface area contributed by atoms with E-state index in [2.05, 4.69) is 10.4 Å². The molecule has 22 heavy (non-hydrogen) atoms. The van der Waals surface area contributed by atoms with Gasteiger partial charge >= 0.3 is 0 Å². The van der Waals surface area contributed by atoms with Crippen LogP contribution < -0.4 is 0 Å². The third-order valence-electron chi connectivity index (χ3n) is 4.71. The minimum absolute atomic E-state index is 0.298. The number of aryl methyl sites for hydroxylation is 1. The first kappa shape index (κ1) is 15.9. The highest BCUT2D eigenvalue weighted by atomic mass is 32.1. The monoisotopic (exact) mass is 322 g/mol. The fourth-order valence-corrected chi connectivity index (χ4v) is 4.37. The van der Waals surface area contributed by atoms with Crippen LogP contribution in [0, 0.1) is 6.92 Å². The average Bonchev–Trinajstić information content (AvgIpc) is 3.00. The van der Waals surface area contributed by atoms with Crippen LogP contribution in [0.1, 0.15) is 61.6 Å². The second kappa shape index (κ2) is 7.55. The van der Waals surface area contributed by atoms with E-state index in [1.165, 1.54) is 17.8 Å². The number of thiazole rings is 1. The summed E-state index contributed by atoms with van der Waals surface area (Å²) in [6.45, 7) is 4.66. The van der Waals surface area contributed by atoms with Gasteiger partial charge in [-0.1, -0.05) is 0 Å². The maximum absolute atomic E-state index is 12.5. The molecule has 0 bridgehead atoms. The van der Waals surface area contributed by atoms with Crippen molar-refractivity contribution in [2.45, 2.75) is 63.9 Å². The fraction of sp³-hybridized carbons (Fsp3) is 0.765. The second-order valence-corrected chi connectivity index (χ2v) is 7.42. The molecular formula is C17H26N2O2S. The number of piperidine rings is 1. The summed E-state index contributed by atoms with van der Waals surface area (Å²) in [7, 11) is 0. The van der Waals surface area contributed by atoms with Crippen molar-refractivity contribution in [2.75, 3.05) is 19.7 Å². The number of hydrogen-bond acceptors (Lipinski definition) is 4. The van der Waals surface area contributed by atoms with Gasteiger partial charge in [-0.2, -0.15) is 0 Å². The van der Waals surface area contributed by atoms with E-state index in [4.69, 9.17) is 4.74 Å². The third-order valence-corrected chi connectivity index (χ3v) is 5.84. The van der Waals surface area contributed by atoms with Gasteiger partial charge in [-0.3, -0.25) is 4.79 Å². The SMILES string of the molecule is Cc1csc([C@@H]2CCCN(C(=O)CC[C@@H]3CCCCO3)C2)n1. The summed E-state index contributed by atoms with van der Waals surface area (Å²) in [4.78, 5) is 19.1. The van der Waals surface area contributed by atoms with Crippen LogP contribution in [0.2, 0.25) is 0 Å². The number of amides is 1. The maximum Gasteiger partial charge on any atom is 0.222 e. The van der Waals surface area contributed by atoms with Gasteiger partial charge in [0.1, 0.15) is 0 Å². The molecule has 0 N–H and O–H groups in total. The average molecular weight is 322 g/mol. The van der Waals surface area contributed by atoms with Crippen molar-refractivity contribution in [2.24, 2.45) is 0 Å². The van der Waals surface area contributed by atoms with E-state index in [0.717, 1.165) is 51.1 Å². The van der Waals surface area contributed by atoms with Crippen LogP contribution in [0.5, 0.6) is 0 Å². The summed E-state index contributed by atoms with van der Waals surface area (Å²) in [5.74, 6) is 0.731. The normalized spacial score (nSPS) is 26.1. The lowest BCUT2D eigenvalue weighted by Gasteiger charge is -2.32. The molecule has 1 aromatic rings. The minimum atomic E-state index is 0.298. The highest BCUT2D eigenvalue weighted by molar-refractivity contribution is 7.09. The van der Waals surface area contributed by atoms with Gasteiger partial charge in [-0.25, -0.2) is 4.98 Å². The van der Waals surface area contributed by atoms with Crippen LogP contribution >= 0.6 is 11.3 Å². The maximum atomic E-state index is 12.5. The van der Waals surface area contributed by atoms with E-state index in [0.29, 0.717) is 24.3 Å². The molecule has 2 aliphatic rings. The number of hydrogen-bond donors (Lipinski definition) is 0. The van der Waals surface area contributed by atoms with E-state index in [9.17, 15) is 4.79 Å². The Bertz CT molecular complexity index is 497. The Labute approximate surface area is 136 Å². The summed E-state index contributed by atoms with van der Waals surface area (Å²) in [5.41, 5.74) is 1.10. The quantitative estimate of drug-likeness (QED) is 0.852. The Kier molecular flexibility index (Phi) is 5.47. The van der Waals surface area contributed by atoms with Crippen molar-refractivity contribution in [3.63, 3.8) is 0 Å². The molecule has 2 saturated heterocycles. The molecule has 3 rings (SSSR count). The van der Waals surface area contributed by atoms with E-state index in [1.807, 2.05) is 11.8 Å². The molecule has 0 aliphatic carbocycles. The van der Waals surface area contributed by atoms with Gasteiger partial charge in [0, 0.05) is 43.1 Å². The molecule has 0 saturated carbocycles. The van der Waals surface area contributed by atoms with Crippen LogP contribution in [0.15, 0.2) is 5.38 Å². The van der Waals surface area contributed by atoms with Crippen molar-refractivity contribution in [3.8, 4) is 0 Å². The Morgan fingerprint density at radius 1 is 1.41 bits per heavy atom. The highest BCUT2D eigenvalue weighted by Crippen LogP contribution is 2.29. The first-order valence-electron chi connectivity index (χ1n) is 8.54. The zero-order valence-electron chi connectivity index (χ0n) is 13.4. The van der Waals surface area contributed by atoms with Crippen molar-refractivity contribution in [3.05, 3.63) is 16.1 Å². The molecule has 4 nitrogen and oxygen atoms in total. The predicted octanol–water partition coefficient (Wildman–Crippen LogP) is 3.51. The summed E-state index contributed by atoms with van der Waals surface area (Å²) in [5, 5.41) is 3.31. The molecule has 2 fully saturated rings. The summed E-state index contributed by atoms with van der Waals surface area (Å²) in [6, 6.07) is 0. The molecule has 1 aromatic heterocycles. The summed E-state index contributed by atoms with van der Waals surface area (Å²) < 4.78 is 5.73. The number of rotatable bonds is 4. The fourth-order valence-electron chi connectivity index (χ4n) is 3.44. The van der Waals surface area contributed by atoms with Crippen LogP contribution in [0.3, 0.4) is 0 Å². The number of carbonyl (C=O) groups excluding carboxylic acids is 1. The lowest BCUT2D eigenvalue weighted by Crippen LogP contribution is -2.39. The van der Waals surface area contributed by atoms with Gasteiger partial charge < -0.3 is 9.64 Å². The predicted molar refractivity (Wildman–Crippen MR) is 88.2 cm³/mol. The van der Waals surface area contributed by atoms with Crippen molar-refractivity contribution >= 4 is 17.2 Å². The molecule has 3 heterocycles. The Hall–Kier alpha value is -0.940. The Morgan fingerprint density at radius 3 is 3.05 bits per heavy atom. The molecule has 122 valence electrons. The Balaban J connectivity index is 1.49. The van der Waals surface area contributed by atoms with E-state index in [-0.39, 0.29) is 0 Å². The smallest absolute Gasteiger partial charge is 0.222 e. The standard InChI is InChI=1S/C17H26N2O2S/c1-13-12-22-17(18-13)14-5-4-9-19(11-14)16(20)8-7-15-6-2-3-10-21-15/h12,14-15H,2-11H2,1H3/t14-,15+/m1/s1. The number of nitrogens with zero attached hydrogens (tertiary/aromatic N) is 2. The van der Waals surface area contributed by atoms with Crippen molar-refractivity contribution < 1.29 is 9.53 Å². The van der Waals surface area contributed by atoms with Gasteiger partial charge in [-0.05, 0) is 45.4 Å². The zero-order chi connectivity index (χ0) is 15.4. The van der Waals surface area contributed by atoms with Gasteiger partial charge in [-0.15, -0.1) is 11.3 Å². The van der Waals surface area contributed by atoms with Crippen molar-refractivity contribution in [1.82, 2.24) is 9.88 Å². The van der Waals surface area contributed by atoms with Gasteiger partial charge in [0.15, 0.2) is 0 Å². The topological polar surface area (TPSA) is 42.4 Å². The lowest BCUT2D eigenvalue weighted by molar-refractivity contribution is -0.133. The number of likely N-dealkylation sites (tertiary alicyclic amines) is 1. The van der Waals surface area contributed by atoms with E-state index < -0.39 is 0 Å². The number of carbonyl (C=O) groups is 1. The first-order valence-corrected chi connectivity index (χ1v) is 9.42. The van der Waals surface area contributed by atoms with Crippen LogP contribution in [-0.4, -0.2) is 41.6 Å². The highest BCUT2D eigenvalue weighted by Gasteiger charge is 2.27. The van der Waals surface area contributed by atoms with Gasteiger partial charge in [0.25, 0.3) is 0 Å². The van der Waals surface area contributed by atoms with E-state index >= 15 is 0 Å². The number of aromatic nitrogens is 1. The molecule has 2 atom stereocenters. The van der Waals surface area contributed by atoms with Gasteiger partial charge in [0.05, 0.1) is 11.1 Å². The molecule has 0 unspecified atom stereocenters. The molecular weight excluding hydrogens is 296 g/mol. The van der Waals surface area contributed by atoms with E-state index in [1.54, 1.807) is 11.3 Å².